The summed E-state index contributed by atoms with van der Waals surface area (Å²) in [5, 5.41) is 5.27. The zero-order valence-corrected chi connectivity index (χ0v) is 15.8. The third-order valence-corrected chi connectivity index (χ3v) is 6.05. The summed E-state index contributed by atoms with van der Waals surface area (Å²) in [7, 11) is 0. The van der Waals surface area contributed by atoms with Crippen molar-refractivity contribution in [3.05, 3.63) is 46.2 Å². The molecule has 6 heteroatoms. The first-order valence-corrected chi connectivity index (χ1v) is 9.52. The molecule has 2 aliphatic rings. The van der Waals surface area contributed by atoms with Crippen LogP contribution in [0.25, 0.3) is 0 Å². The Bertz CT molecular complexity index is 865. The largest absolute Gasteiger partial charge is 0.274 e. The maximum absolute atomic E-state index is 12.9. The van der Waals surface area contributed by atoms with Gasteiger partial charge >= 0.3 is 0 Å². The third kappa shape index (κ3) is 2.65. The Morgan fingerprint density at radius 1 is 1.08 bits per heavy atom. The molecule has 1 aliphatic heterocycles. The van der Waals surface area contributed by atoms with Crippen LogP contribution < -0.4 is 4.90 Å². The molecule has 0 bridgehead atoms. The number of nitrogens with zero attached hydrogens (tertiary/aromatic N) is 3. The first-order valence-electron chi connectivity index (χ1n) is 9.14. The van der Waals surface area contributed by atoms with Crippen LogP contribution in [-0.2, 0) is 16.1 Å². The second-order valence-corrected chi connectivity index (χ2v) is 7.69. The van der Waals surface area contributed by atoms with Gasteiger partial charge in [0.05, 0.1) is 35.5 Å². The number of imide groups is 1. The van der Waals surface area contributed by atoms with Crippen LogP contribution >= 0.6 is 11.6 Å². The van der Waals surface area contributed by atoms with E-state index in [9.17, 15) is 9.59 Å². The Hall–Kier alpha value is -2.14. The molecule has 0 N–H and O–H groups in total. The van der Waals surface area contributed by atoms with Crippen molar-refractivity contribution in [3.8, 4) is 0 Å². The predicted molar refractivity (Wildman–Crippen MR) is 100 cm³/mol. The lowest BCUT2D eigenvalue weighted by molar-refractivity contribution is -0.122. The summed E-state index contributed by atoms with van der Waals surface area (Å²) in [5.74, 6) is -0.407. The highest BCUT2D eigenvalue weighted by Gasteiger charge is 2.50. The molecule has 0 spiro atoms. The molecule has 5 nitrogen and oxygen atoms in total. The molecule has 2 heterocycles. The zero-order chi connectivity index (χ0) is 18.4. The van der Waals surface area contributed by atoms with Gasteiger partial charge in [0.25, 0.3) is 0 Å². The number of hydrogen-bond acceptors (Lipinski definition) is 3. The van der Waals surface area contributed by atoms with E-state index in [0.29, 0.717) is 22.9 Å². The molecular weight excluding hydrogens is 350 g/mol. The van der Waals surface area contributed by atoms with Crippen LogP contribution in [0.4, 0.5) is 5.69 Å². The van der Waals surface area contributed by atoms with Crippen LogP contribution in [0.5, 0.6) is 0 Å². The topological polar surface area (TPSA) is 55.2 Å². The summed E-state index contributed by atoms with van der Waals surface area (Å²) in [5.41, 5.74) is 3.14. The number of fused-ring (bicyclic) bond motifs is 1. The first kappa shape index (κ1) is 17.3. The summed E-state index contributed by atoms with van der Waals surface area (Å²) in [4.78, 5) is 27.3. The molecule has 2 amide bonds. The molecule has 2 unspecified atom stereocenters. The fourth-order valence-corrected chi connectivity index (χ4v) is 4.53. The highest BCUT2D eigenvalue weighted by Crippen LogP contribution is 2.41. The molecule has 2 fully saturated rings. The number of benzene rings is 1. The van der Waals surface area contributed by atoms with Crippen LogP contribution in [0, 0.1) is 25.7 Å². The van der Waals surface area contributed by atoms with Crippen LogP contribution in [0.3, 0.4) is 0 Å². The Morgan fingerprint density at radius 3 is 2.31 bits per heavy atom. The number of halogens is 1. The number of carbonyl (C=O) groups excluding carboxylic acids is 2. The molecular formula is C20H22ClN3O2. The van der Waals surface area contributed by atoms with Gasteiger partial charge in [-0.3, -0.25) is 14.3 Å². The van der Waals surface area contributed by atoms with E-state index in [1.54, 1.807) is 0 Å². The lowest BCUT2D eigenvalue weighted by Gasteiger charge is -2.19. The monoisotopic (exact) mass is 371 g/mol. The molecule has 26 heavy (non-hydrogen) atoms. The number of carbonyl (C=O) groups is 2. The van der Waals surface area contributed by atoms with Crippen molar-refractivity contribution in [1.82, 2.24) is 9.78 Å². The normalized spacial score (nSPS) is 22.8. The van der Waals surface area contributed by atoms with Crippen LogP contribution in [0.15, 0.2) is 24.3 Å². The average molecular weight is 372 g/mol. The fourth-order valence-electron chi connectivity index (χ4n) is 4.34. The fraction of sp³-hybridized carbons (Fsp3) is 0.450. The Morgan fingerprint density at radius 2 is 1.69 bits per heavy atom. The second-order valence-electron chi connectivity index (χ2n) is 7.28. The molecule has 4 rings (SSSR count). The molecule has 1 aromatic carbocycles. The van der Waals surface area contributed by atoms with E-state index in [4.69, 9.17) is 11.6 Å². The smallest absolute Gasteiger partial charge is 0.237 e. The van der Waals surface area contributed by atoms with Gasteiger partial charge in [-0.15, -0.1) is 0 Å². The van der Waals surface area contributed by atoms with E-state index in [2.05, 4.69) is 5.10 Å². The number of amides is 2. The van der Waals surface area contributed by atoms with Gasteiger partial charge < -0.3 is 0 Å². The number of anilines is 1. The van der Waals surface area contributed by atoms with Gasteiger partial charge in [0.15, 0.2) is 0 Å². The predicted octanol–water partition coefficient (Wildman–Crippen LogP) is 3.88. The van der Waals surface area contributed by atoms with Gasteiger partial charge in [-0.25, -0.2) is 4.90 Å². The Balaban J connectivity index is 1.70. The molecule has 1 aliphatic carbocycles. The minimum Gasteiger partial charge on any atom is -0.274 e. The number of aryl methyl sites for hydroxylation is 1. The minimum atomic E-state index is -0.151. The van der Waals surface area contributed by atoms with Crippen LogP contribution in [-0.4, -0.2) is 21.6 Å². The number of hydrogen-bond donors (Lipinski definition) is 0. The summed E-state index contributed by atoms with van der Waals surface area (Å²) >= 11 is 6.27. The van der Waals surface area contributed by atoms with Gasteiger partial charge in [0.1, 0.15) is 0 Å². The molecule has 0 radical (unpaired) electrons. The van der Waals surface area contributed by atoms with E-state index in [-0.39, 0.29) is 23.7 Å². The Kier molecular flexibility index (Phi) is 4.35. The van der Waals surface area contributed by atoms with E-state index >= 15 is 0 Å². The maximum Gasteiger partial charge on any atom is 0.237 e. The van der Waals surface area contributed by atoms with Gasteiger partial charge in [-0.2, -0.15) is 5.10 Å². The lowest BCUT2D eigenvalue weighted by atomic mass is 9.81. The summed E-state index contributed by atoms with van der Waals surface area (Å²) < 4.78 is 1.83. The molecule has 2 atom stereocenters. The van der Waals surface area contributed by atoms with Crippen molar-refractivity contribution in [2.45, 2.75) is 46.1 Å². The molecule has 1 saturated heterocycles. The van der Waals surface area contributed by atoms with Crippen LogP contribution in [0.1, 0.15) is 42.6 Å². The van der Waals surface area contributed by atoms with Crippen molar-refractivity contribution in [1.29, 1.82) is 0 Å². The van der Waals surface area contributed by atoms with Gasteiger partial charge in [-0.1, -0.05) is 42.6 Å². The zero-order valence-electron chi connectivity index (χ0n) is 15.0. The van der Waals surface area contributed by atoms with Gasteiger partial charge in [0, 0.05) is 5.02 Å². The van der Waals surface area contributed by atoms with E-state index in [0.717, 1.165) is 36.9 Å². The standard InChI is InChI=1S/C20H22ClN3O2/c1-12-18(24-19(25)15-8-4-5-9-16(15)20(24)26)13(2)23(22-12)11-14-7-3-6-10-17(14)21/h3,6-7,10,15-16H,4-5,8-9,11H2,1-2H3. The number of rotatable bonds is 3. The highest BCUT2D eigenvalue weighted by atomic mass is 35.5. The van der Waals surface area contributed by atoms with Crippen molar-refractivity contribution >= 4 is 29.1 Å². The SMILES string of the molecule is Cc1nn(Cc2ccccc2Cl)c(C)c1N1C(=O)C2CCCCC2C1=O. The van der Waals surface area contributed by atoms with Crippen molar-refractivity contribution in [2.75, 3.05) is 4.90 Å². The molecule has 1 saturated carbocycles. The Labute approximate surface area is 157 Å². The minimum absolute atomic E-state index is 0.0526. The van der Waals surface area contributed by atoms with E-state index in [1.165, 1.54) is 4.90 Å². The van der Waals surface area contributed by atoms with Crippen molar-refractivity contribution in [3.63, 3.8) is 0 Å². The van der Waals surface area contributed by atoms with E-state index in [1.807, 2.05) is 42.8 Å². The summed E-state index contributed by atoms with van der Waals surface area (Å²) in [6, 6.07) is 7.63. The quantitative estimate of drug-likeness (QED) is 0.769. The molecule has 1 aromatic heterocycles. The molecule has 2 aromatic rings. The van der Waals surface area contributed by atoms with Crippen molar-refractivity contribution in [2.24, 2.45) is 11.8 Å². The van der Waals surface area contributed by atoms with Gasteiger partial charge in [0.2, 0.25) is 11.8 Å². The summed E-state index contributed by atoms with van der Waals surface area (Å²) in [6.45, 7) is 4.28. The third-order valence-electron chi connectivity index (χ3n) is 5.69. The summed E-state index contributed by atoms with van der Waals surface area (Å²) in [6.07, 6.45) is 3.69. The van der Waals surface area contributed by atoms with Crippen LogP contribution in [0.2, 0.25) is 5.02 Å². The first-order chi connectivity index (χ1) is 12.5. The second kappa shape index (κ2) is 6.54. The number of aromatic nitrogens is 2. The van der Waals surface area contributed by atoms with E-state index < -0.39 is 0 Å². The van der Waals surface area contributed by atoms with Gasteiger partial charge in [-0.05, 0) is 38.3 Å². The average Bonchev–Trinajstić information content (AvgIpc) is 3.04. The lowest BCUT2D eigenvalue weighted by Crippen LogP contribution is -2.31. The highest BCUT2D eigenvalue weighted by molar-refractivity contribution is 6.31. The van der Waals surface area contributed by atoms with Crippen molar-refractivity contribution < 1.29 is 9.59 Å². The maximum atomic E-state index is 12.9. The molecule has 136 valence electrons.